The Bertz CT molecular complexity index is 750. The molecular weight excluding hydrogens is 296 g/mol. The molecule has 1 N–H and O–H groups in total. The maximum atomic E-state index is 13.5. The van der Waals surface area contributed by atoms with Crippen LogP contribution in [0.3, 0.4) is 0 Å². The predicted octanol–water partition coefficient (Wildman–Crippen LogP) is 3.06. The number of rotatable bonds is 4. The fourth-order valence-corrected chi connectivity index (χ4v) is 3.66. The summed E-state index contributed by atoms with van der Waals surface area (Å²) < 4.78 is 53.7. The van der Waals surface area contributed by atoms with Crippen LogP contribution < -0.4 is 4.72 Å². The largest absolute Gasteiger partial charge is 0.241 e. The van der Waals surface area contributed by atoms with Gasteiger partial charge < -0.3 is 0 Å². The highest BCUT2D eigenvalue weighted by Crippen LogP contribution is 2.21. The molecule has 0 aliphatic rings. The Morgan fingerprint density at radius 1 is 1.05 bits per heavy atom. The molecule has 0 saturated carbocycles. The van der Waals surface area contributed by atoms with Crippen molar-refractivity contribution in [2.75, 3.05) is 0 Å². The Balaban J connectivity index is 2.30. The quantitative estimate of drug-likeness (QED) is 0.943. The summed E-state index contributed by atoms with van der Waals surface area (Å²) in [7, 11) is -3.84. The van der Waals surface area contributed by atoms with Gasteiger partial charge in [0.25, 0.3) is 0 Å². The van der Waals surface area contributed by atoms with Crippen LogP contribution in [-0.4, -0.2) is 8.42 Å². The minimum atomic E-state index is -3.84. The van der Waals surface area contributed by atoms with Crippen LogP contribution in [0.25, 0.3) is 0 Å². The smallest absolute Gasteiger partial charge is 0.207 e. The molecule has 2 aromatic carbocycles. The third kappa shape index (κ3) is 3.46. The van der Waals surface area contributed by atoms with Gasteiger partial charge in [-0.25, -0.2) is 21.9 Å². The lowest BCUT2D eigenvalue weighted by Gasteiger charge is -2.12. The van der Waals surface area contributed by atoms with Crippen LogP contribution in [0.5, 0.6) is 0 Å². The van der Waals surface area contributed by atoms with E-state index in [9.17, 15) is 17.2 Å². The van der Waals surface area contributed by atoms with Crippen LogP contribution in [0.2, 0.25) is 0 Å². The number of benzene rings is 2. The second-order valence-electron chi connectivity index (χ2n) is 4.78. The first-order valence-electron chi connectivity index (χ1n) is 6.31. The maximum Gasteiger partial charge on any atom is 0.241 e. The van der Waals surface area contributed by atoms with Gasteiger partial charge in [0.1, 0.15) is 11.6 Å². The second-order valence-corrected chi connectivity index (χ2v) is 6.49. The van der Waals surface area contributed by atoms with Crippen LogP contribution >= 0.6 is 0 Å². The molecule has 0 amide bonds. The van der Waals surface area contributed by atoms with Crippen LogP contribution in [0, 0.1) is 25.5 Å². The zero-order chi connectivity index (χ0) is 15.6. The lowest BCUT2D eigenvalue weighted by Crippen LogP contribution is -2.25. The van der Waals surface area contributed by atoms with E-state index in [0.29, 0.717) is 11.1 Å². The number of hydrogen-bond donors (Lipinski definition) is 1. The van der Waals surface area contributed by atoms with Gasteiger partial charge in [0, 0.05) is 12.1 Å². The van der Waals surface area contributed by atoms with Crippen molar-refractivity contribution in [3.8, 4) is 0 Å². The number of nitrogens with one attached hydrogen (secondary N) is 1. The average Bonchev–Trinajstić information content (AvgIpc) is 2.36. The van der Waals surface area contributed by atoms with Gasteiger partial charge in [-0.2, -0.15) is 0 Å². The normalized spacial score (nSPS) is 11.6. The molecule has 0 aliphatic carbocycles. The Hall–Kier alpha value is -1.79. The molecule has 0 unspecified atom stereocenters. The number of sulfonamides is 1. The fraction of sp³-hybridized carbons (Fsp3) is 0.200. The summed E-state index contributed by atoms with van der Waals surface area (Å²) in [5, 5.41) is 0. The van der Waals surface area contributed by atoms with E-state index in [1.54, 1.807) is 6.07 Å². The molecule has 0 aliphatic heterocycles. The summed E-state index contributed by atoms with van der Waals surface area (Å²) in [6, 6.07) is 8.23. The van der Waals surface area contributed by atoms with Crippen LogP contribution in [0.4, 0.5) is 8.78 Å². The number of halogens is 2. The number of aryl methyl sites for hydroxylation is 2. The van der Waals surface area contributed by atoms with Crippen LogP contribution in [-0.2, 0) is 16.6 Å². The first-order valence-corrected chi connectivity index (χ1v) is 7.79. The molecule has 21 heavy (non-hydrogen) atoms. The number of hydrogen-bond acceptors (Lipinski definition) is 2. The molecule has 6 heteroatoms. The third-order valence-corrected chi connectivity index (χ3v) is 4.81. The zero-order valence-electron chi connectivity index (χ0n) is 11.7. The van der Waals surface area contributed by atoms with E-state index in [4.69, 9.17) is 0 Å². The summed E-state index contributed by atoms with van der Waals surface area (Å²) in [5.74, 6) is -0.967. The molecule has 3 nitrogen and oxygen atoms in total. The molecule has 0 radical (unpaired) electrons. The van der Waals surface area contributed by atoms with Crippen LogP contribution in [0.15, 0.2) is 41.3 Å². The summed E-state index contributed by atoms with van der Waals surface area (Å²) >= 11 is 0. The molecule has 0 bridgehead atoms. The monoisotopic (exact) mass is 311 g/mol. The summed E-state index contributed by atoms with van der Waals surface area (Å²) in [5.41, 5.74) is 0.876. The van der Waals surface area contributed by atoms with E-state index in [0.717, 1.165) is 12.1 Å². The molecule has 2 rings (SSSR count). The molecule has 112 valence electrons. The van der Waals surface area contributed by atoms with E-state index >= 15 is 0 Å². The third-order valence-electron chi connectivity index (χ3n) is 3.10. The van der Waals surface area contributed by atoms with Crippen molar-refractivity contribution in [3.63, 3.8) is 0 Å². The van der Waals surface area contributed by atoms with E-state index in [1.807, 2.05) is 0 Å². The van der Waals surface area contributed by atoms with Gasteiger partial charge in [-0.05, 0) is 43.2 Å². The first-order chi connectivity index (χ1) is 9.81. The van der Waals surface area contributed by atoms with Gasteiger partial charge >= 0.3 is 0 Å². The predicted molar refractivity (Wildman–Crippen MR) is 76.3 cm³/mol. The molecule has 0 fully saturated rings. The topological polar surface area (TPSA) is 46.2 Å². The summed E-state index contributed by atoms with van der Waals surface area (Å²) in [6.07, 6.45) is 0. The minimum absolute atomic E-state index is 0.0280. The minimum Gasteiger partial charge on any atom is -0.207 e. The molecule has 0 aromatic heterocycles. The Morgan fingerprint density at radius 2 is 1.62 bits per heavy atom. The van der Waals surface area contributed by atoms with Crippen molar-refractivity contribution in [2.24, 2.45) is 0 Å². The molecule has 0 spiro atoms. The Kier molecular flexibility index (Phi) is 4.39. The average molecular weight is 311 g/mol. The van der Waals surface area contributed by atoms with Crippen molar-refractivity contribution in [2.45, 2.75) is 25.3 Å². The second kappa shape index (κ2) is 5.91. The zero-order valence-corrected chi connectivity index (χ0v) is 12.5. The summed E-state index contributed by atoms with van der Waals surface area (Å²) in [4.78, 5) is 0.0280. The van der Waals surface area contributed by atoms with E-state index < -0.39 is 21.7 Å². The van der Waals surface area contributed by atoms with E-state index in [1.165, 1.54) is 32.0 Å². The van der Waals surface area contributed by atoms with Crippen molar-refractivity contribution in [3.05, 3.63) is 64.7 Å². The van der Waals surface area contributed by atoms with Crippen molar-refractivity contribution in [1.82, 2.24) is 4.72 Å². The lowest BCUT2D eigenvalue weighted by atomic mass is 10.1. The Labute approximate surface area is 122 Å². The molecule has 0 saturated heterocycles. The fourth-order valence-electron chi connectivity index (χ4n) is 2.21. The van der Waals surface area contributed by atoms with Gasteiger partial charge in [-0.15, -0.1) is 0 Å². The highest BCUT2D eigenvalue weighted by molar-refractivity contribution is 7.89. The van der Waals surface area contributed by atoms with Crippen LogP contribution in [0.1, 0.15) is 16.7 Å². The van der Waals surface area contributed by atoms with E-state index in [2.05, 4.69) is 4.72 Å². The lowest BCUT2D eigenvalue weighted by molar-refractivity contribution is 0.572. The standard InChI is InChI=1S/C15H15F2NO2S/c1-10-7-13(16)8-11(2)15(10)21(19,20)18-9-12-5-3-4-6-14(12)17/h3-8,18H,9H2,1-2H3. The van der Waals surface area contributed by atoms with Gasteiger partial charge in [0.2, 0.25) is 10.0 Å². The van der Waals surface area contributed by atoms with Crippen molar-refractivity contribution in [1.29, 1.82) is 0 Å². The van der Waals surface area contributed by atoms with Gasteiger partial charge in [0.05, 0.1) is 4.90 Å². The summed E-state index contributed by atoms with van der Waals surface area (Å²) in [6.45, 7) is 2.88. The first kappa shape index (κ1) is 15.6. The van der Waals surface area contributed by atoms with Crippen molar-refractivity contribution >= 4 is 10.0 Å². The van der Waals surface area contributed by atoms with Gasteiger partial charge in [-0.1, -0.05) is 18.2 Å². The SMILES string of the molecule is Cc1cc(F)cc(C)c1S(=O)(=O)NCc1ccccc1F. The van der Waals surface area contributed by atoms with E-state index in [-0.39, 0.29) is 17.0 Å². The van der Waals surface area contributed by atoms with Gasteiger partial charge in [-0.3, -0.25) is 0 Å². The van der Waals surface area contributed by atoms with Crippen molar-refractivity contribution < 1.29 is 17.2 Å². The molecule has 0 heterocycles. The van der Waals surface area contributed by atoms with Gasteiger partial charge in [0.15, 0.2) is 0 Å². The molecule has 2 aromatic rings. The molecule has 0 atom stereocenters. The molecular formula is C15H15F2NO2S. The maximum absolute atomic E-state index is 13.5. The Morgan fingerprint density at radius 3 is 2.19 bits per heavy atom. The highest BCUT2D eigenvalue weighted by atomic mass is 32.2. The highest BCUT2D eigenvalue weighted by Gasteiger charge is 2.20.